The van der Waals surface area contributed by atoms with Crippen LogP contribution >= 0.6 is 27.9 Å². The summed E-state index contributed by atoms with van der Waals surface area (Å²) >= 11 is 5.10. The fourth-order valence-electron chi connectivity index (χ4n) is 1.52. The van der Waals surface area contributed by atoms with Crippen LogP contribution in [0, 0.1) is 13.8 Å². The van der Waals surface area contributed by atoms with Gasteiger partial charge in [0, 0.05) is 22.0 Å². The molecule has 0 bridgehead atoms. The summed E-state index contributed by atoms with van der Waals surface area (Å²) in [6.45, 7) is 4.32. The van der Waals surface area contributed by atoms with E-state index in [0.717, 1.165) is 26.5 Å². The minimum atomic E-state index is 0.429. The third-order valence-corrected chi connectivity index (χ3v) is 4.67. The summed E-state index contributed by atoms with van der Waals surface area (Å²) in [7, 11) is 1.66. The number of ether oxygens (including phenoxy) is 1. The van der Waals surface area contributed by atoms with Gasteiger partial charge in [0.1, 0.15) is 12.5 Å². The highest BCUT2D eigenvalue weighted by molar-refractivity contribution is 9.10. The van der Waals surface area contributed by atoms with Gasteiger partial charge in [0.05, 0.1) is 0 Å². The van der Waals surface area contributed by atoms with E-state index in [0.29, 0.717) is 6.73 Å². The van der Waals surface area contributed by atoms with E-state index in [9.17, 15) is 0 Å². The largest absolute Gasteiger partial charge is 0.363 e. The van der Waals surface area contributed by atoms with Gasteiger partial charge in [0.15, 0.2) is 5.82 Å². The molecule has 0 aliphatic carbocycles. The van der Waals surface area contributed by atoms with Crippen LogP contribution in [0.15, 0.2) is 38.2 Å². The molecule has 0 fully saturated rings. The van der Waals surface area contributed by atoms with Gasteiger partial charge >= 0.3 is 0 Å². The summed E-state index contributed by atoms with van der Waals surface area (Å²) in [5, 5.41) is 4.09. The van der Waals surface area contributed by atoms with Crippen LogP contribution in [0.25, 0.3) is 0 Å². The molecule has 0 saturated carbocycles. The number of hydrogen-bond acceptors (Lipinski definition) is 5. The van der Waals surface area contributed by atoms with Gasteiger partial charge in [-0.3, -0.25) is 4.31 Å². The van der Waals surface area contributed by atoms with E-state index in [4.69, 9.17) is 9.26 Å². The fourth-order valence-corrected chi connectivity index (χ4v) is 2.97. The average molecular weight is 343 g/mol. The van der Waals surface area contributed by atoms with Crippen molar-refractivity contribution in [1.82, 2.24) is 5.16 Å². The van der Waals surface area contributed by atoms with Crippen LogP contribution in [0.5, 0.6) is 0 Å². The van der Waals surface area contributed by atoms with Crippen LogP contribution in [0.3, 0.4) is 0 Å². The molecular formula is C13H15BrN2O2S. The number of halogens is 1. The molecule has 0 radical (unpaired) electrons. The molecule has 0 spiro atoms. The molecule has 102 valence electrons. The van der Waals surface area contributed by atoms with Gasteiger partial charge in [-0.25, -0.2) is 0 Å². The Hall–Kier alpha value is -0.980. The van der Waals surface area contributed by atoms with E-state index in [-0.39, 0.29) is 0 Å². The molecule has 2 aromatic rings. The Morgan fingerprint density at radius 3 is 2.68 bits per heavy atom. The van der Waals surface area contributed by atoms with Gasteiger partial charge in [-0.15, -0.1) is 0 Å². The summed E-state index contributed by atoms with van der Waals surface area (Å²) in [4.78, 5) is 1.10. The molecule has 0 amide bonds. The molecule has 2 rings (SSSR count). The molecule has 19 heavy (non-hydrogen) atoms. The van der Waals surface area contributed by atoms with Crippen LogP contribution < -0.4 is 4.31 Å². The van der Waals surface area contributed by atoms with Crippen molar-refractivity contribution in [2.45, 2.75) is 18.7 Å². The van der Waals surface area contributed by atoms with Crippen molar-refractivity contribution in [3.63, 3.8) is 0 Å². The molecule has 0 atom stereocenters. The summed E-state index contributed by atoms with van der Waals surface area (Å²) < 4.78 is 13.5. The van der Waals surface area contributed by atoms with Gasteiger partial charge in [-0.05, 0) is 53.9 Å². The Bertz CT molecular complexity index is 559. The first kappa shape index (κ1) is 14.4. The molecule has 1 heterocycles. The van der Waals surface area contributed by atoms with E-state index in [1.54, 1.807) is 19.1 Å². The summed E-state index contributed by atoms with van der Waals surface area (Å²) in [5.41, 5.74) is 1.02. The maximum atomic E-state index is 5.24. The van der Waals surface area contributed by atoms with Crippen LogP contribution in [0.1, 0.15) is 11.3 Å². The second-order valence-electron chi connectivity index (χ2n) is 4.01. The molecule has 0 N–H and O–H groups in total. The van der Waals surface area contributed by atoms with Gasteiger partial charge in [0.25, 0.3) is 0 Å². The Balaban J connectivity index is 2.26. The number of benzene rings is 1. The highest BCUT2D eigenvalue weighted by Crippen LogP contribution is 2.34. The standard InChI is InChI=1S/C13H15BrN2O2S/c1-9-10(2)18-15-13(9)16(8-17-3)19-12-7-5-4-6-11(12)14/h4-7H,8H2,1-3H3. The summed E-state index contributed by atoms with van der Waals surface area (Å²) in [6.07, 6.45) is 0. The Morgan fingerprint density at radius 2 is 2.11 bits per heavy atom. The zero-order valence-corrected chi connectivity index (χ0v) is 13.4. The fraction of sp³-hybridized carbons (Fsp3) is 0.308. The van der Waals surface area contributed by atoms with Crippen molar-refractivity contribution in [2.24, 2.45) is 0 Å². The number of methoxy groups -OCH3 is 1. The topological polar surface area (TPSA) is 38.5 Å². The first-order valence-corrected chi connectivity index (χ1v) is 7.32. The van der Waals surface area contributed by atoms with Gasteiger partial charge in [-0.2, -0.15) is 0 Å². The smallest absolute Gasteiger partial charge is 0.187 e. The van der Waals surface area contributed by atoms with Crippen molar-refractivity contribution >= 4 is 33.7 Å². The van der Waals surface area contributed by atoms with Crippen LogP contribution in [0.2, 0.25) is 0 Å². The van der Waals surface area contributed by atoms with Crippen molar-refractivity contribution in [3.05, 3.63) is 40.1 Å². The SMILES string of the molecule is COCN(Sc1ccccc1Br)c1noc(C)c1C. The molecule has 0 saturated heterocycles. The van der Waals surface area contributed by atoms with Crippen molar-refractivity contribution in [3.8, 4) is 0 Å². The van der Waals surface area contributed by atoms with Gasteiger partial charge in [0.2, 0.25) is 0 Å². The number of aryl methyl sites for hydroxylation is 1. The quantitative estimate of drug-likeness (QED) is 0.602. The van der Waals surface area contributed by atoms with E-state index in [2.05, 4.69) is 21.1 Å². The highest BCUT2D eigenvalue weighted by Gasteiger charge is 2.18. The normalized spacial score (nSPS) is 10.7. The zero-order chi connectivity index (χ0) is 13.8. The Morgan fingerprint density at radius 1 is 1.37 bits per heavy atom. The van der Waals surface area contributed by atoms with Gasteiger partial charge < -0.3 is 9.26 Å². The van der Waals surface area contributed by atoms with E-state index < -0.39 is 0 Å². The van der Waals surface area contributed by atoms with Crippen LogP contribution in [0.4, 0.5) is 5.82 Å². The molecule has 6 heteroatoms. The number of anilines is 1. The number of nitrogens with zero attached hydrogens (tertiary/aromatic N) is 2. The highest BCUT2D eigenvalue weighted by atomic mass is 79.9. The molecule has 0 aliphatic heterocycles. The van der Waals surface area contributed by atoms with E-state index in [1.165, 1.54) is 0 Å². The third-order valence-electron chi connectivity index (χ3n) is 2.66. The van der Waals surface area contributed by atoms with Gasteiger partial charge in [-0.1, -0.05) is 17.3 Å². The summed E-state index contributed by atoms with van der Waals surface area (Å²) in [6, 6.07) is 8.03. The summed E-state index contributed by atoms with van der Waals surface area (Å²) in [5.74, 6) is 1.61. The average Bonchev–Trinajstić information content (AvgIpc) is 2.72. The Labute approximate surface area is 125 Å². The maximum absolute atomic E-state index is 5.24. The molecule has 0 aliphatic rings. The maximum Gasteiger partial charge on any atom is 0.187 e. The predicted octanol–water partition coefficient (Wildman–Crippen LogP) is 4.17. The van der Waals surface area contributed by atoms with Crippen molar-refractivity contribution in [1.29, 1.82) is 0 Å². The molecule has 1 aromatic heterocycles. The Kier molecular flexibility index (Phi) is 4.90. The lowest BCUT2D eigenvalue weighted by Gasteiger charge is -2.20. The number of aromatic nitrogens is 1. The second kappa shape index (κ2) is 6.45. The third kappa shape index (κ3) is 3.32. The lowest BCUT2D eigenvalue weighted by molar-refractivity contribution is 0.210. The first-order valence-electron chi connectivity index (χ1n) is 5.75. The molecule has 0 unspecified atom stereocenters. The molecule has 1 aromatic carbocycles. The van der Waals surface area contributed by atoms with Crippen LogP contribution in [-0.2, 0) is 4.74 Å². The first-order chi connectivity index (χ1) is 9.13. The number of hydrogen-bond donors (Lipinski definition) is 0. The number of rotatable bonds is 5. The van der Waals surface area contributed by atoms with Crippen LogP contribution in [-0.4, -0.2) is 19.0 Å². The monoisotopic (exact) mass is 342 g/mol. The lowest BCUT2D eigenvalue weighted by atomic mass is 10.3. The van der Waals surface area contributed by atoms with Crippen molar-refractivity contribution < 1.29 is 9.26 Å². The predicted molar refractivity (Wildman–Crippen MR) is 80.3 cm³/mol. The minimum Gasteiger partial charge on any atom is -0.363 e. The molecular weight excluding hydrogens is 328 g/mol. The zero-order valence-electron chi connectivity index (χ0n) is 11.0. The second-order valence-corrected chi connectivity index (χ2v) is 5.92. The van der Waals surface area contributed by atoms with E-state index in [1.807, 2.05) is 42.4 Å². The van der Waals surface area contributed by atoms with E-state index >= 15 is 0 Å². The van der Waals surface area contributed by atoms with Crippen molar-refractivity contribution in [2.75, 3.05) is 18.1 Å². The molecule has 4 nitrogen and oxygen atoms in total. The lowest BCUT2D eigenvalue weighted by Crippen LogP contribution is -2.18. The minimum absolute atomic E-state index is 0.429.